The van der Waals surface area contributed by atoms with Crippen molar-refractivity contribution < 1.29 is 4.79 Å². The van der Waals surface area contributed by atoms with Crippen LogP contribution in [0.2, 0.25) is 10.0 Å². The molecular formula is C14H18Cl3N5O. The molecule has 9 heteroatoms. The second-order valence-electron chi connectivity index (χ2n) is 4.57. The number of hydrogen-bond acceptors (Lipinski definition) is 4. The summed E-state index contributed by atoms with van der Waals surface area (Å²) in [6, 6.07) is 5.16. The van der Waals surface area contributed by atoms with E-state index in [0.717, 1.165) is 6.54 Å². The Kier molecular flexibility index (Phi) is 7.78. The zero-order valence-corrected chi connectivity index (χ0v) is 15.1. The number of hydrogen-bond donors (Lipinski definition) is 2. The first kappa shape index (κ1) is 19.7. The normalized spacial score (nSPS) is 10.3. The molecule has 0 atom stereocenters. The van der Waals surface area contributed by atoms with Crippen LogP contribution >= 0.6 is 35.6 Å². The van der Waals surface area contributed by atoms with Crippen molar-refractivity contribution in [3.8, 4) is 5.69 Å². The average Bonchev–Trinajstić information content (AvgIpc) is 2.85. The van der Waals surface area contributed by atoms with Crippen LogP contribution in [-0.4, -0.2) is 40.3 Å². The van der Waals surface area contributed by atoms with Gasteiger partial charge in [-0.2, -0.15) is 0 Å². The van der Waals surface area contributed by atoms with Gasteiger partial charge >= 0.3 is 0 Å². The number of carbonyl (C=O) groups excluding carboxylic acids is 1. The number of para-hydroxylation sites is 1. The van der Waals surface area contributed by atoms with E-state index in [-0.39, 0.29) is 24.1 Å². The third-order valence-corrected chi connectivity index (χ3v) is 3.57. The number of halogens is 3. The lowest BCUT2D eigenvalue weighted by atomic mass is 10.3. The van der Waals surface area contributed by atoms with Gasteiger partial charge in [0.15, 0.2) is 0 Å². The van der Waals surface area contributed by atoms with Gasteiger partial charge in [0.1, 0.15) is 11.5 Å². The Labute approximate surface area is 151 Å². The fourth-order valence-corrected chi connectivity index (χ4v) is 2.47. The monoisotopic (exact) mass is 377 g/mol. The molecule has 1 amide bonds. The van der Waals surface area contributed by atoms with E-state index < -0.39 is 0 Å². The van der Waals surface area contributed by atoms with Crippen LogP contribution in [0.1, 0.15) is 23.4 Å². The number of amides is 1. The first-order chi connectivity index (χ1) is 10.5. The third-order valence-electron chi connectivity index (χ3n) is 2.96. The van der Waals surface area contributed by atoms with Crippen LogP contribution in [0.4, 0.5) is 0 Å². The Bertz CT molecular complexity index is 654. The number of aromatic nitrogens is 3. The van der Waals surface area contributed by atoms with Crippen LogP contribution in [0.5, 0.6) is 0 Å². The van der Waals surface area contributed by atoms with Gasteiger partial charge in [0.25, 0.3) is 5.91 Å². The summed E-state index contributed by atoms with van der Waals surface area (Å²) >= 11 is 12.3. The Hall–Kier alpha value is -1.34. The predicted octanol–water partition coefficient (Wildman–Crippen LogP) is 2.64. The van der Waals surface area contributed by atoms with Crippen molar-refractivity contribution in [3.63, 3.8) is 0 Å². The molecule has 0 radical (unpaired) electrons. The molecule has 1 aromatic heterocycles. The van der Waals surface area contributed by atoms with Gasteiger partial charge in [-0.05, 0) is 25.6 Å². The number of nitrogens with zero attached hydrogens (tertiary/aromatic N) is 3. The highest BCUT2D eigenvalue weighted by Gasteiger charge is 2.17. The molecule has 0 aliphatic rings. The number of carbonyl (C=O) groups is 1. The summed E-state index contributed by atoms with van der Waals surface area (Å²) in [5, 5.41) is 11.0. The first-order valence-corrected chi connectivity index (χ1v) is 7.67. The number of rotatable bonds is 6. The van der Waals surface area contributed by atoms with E-state index in [2.05, 4.69) is 20.7 Å². The van der Waals surface area contributed by atoms with Crippen molar-refractivity contribution in [2.75, 3.05) is 19.6 Å². The maximum Gasteiger partial charge on any atom is 0.291 e. The summed E-state index contributed by atoms with van der Waals surface area (Å²) in [6.45, 7) is 5.79. The minimum absolute atomic E-state index is 0. The van der Waals surface area contributed by atoms with Crippen LogP contribution in [0.25, 0.3) is 5.69 Å². The molecule has 126 valence electrons. The molecule has 2 rings (SSSR count). The van der Waals surface area contributed by atoms with Crippen molar-refractivity contribution in [1.82, 2.24) is 25.4 Å². The van der Waals surface area contributed by atoms with Crippen molar-refractivity contribution in [2.24, 2.45) is 0 Å². The summed E-state index contributed by atoms with van der Waals surface area (Å²) < 4.78 is 1.48. The number of benzene rings is 1. The van der Waals surface area contributed by atoms with E-state index in [1.54, 1.807) is 25.1 Å². The van der Waals surface area contributed by atoms with Gasteiger partial charge in [-0.15, -0.1) is 17.5 Å². The molecule has 0 unspecified atom stereocenters. The van der Waals surface area contributed by atoms with Crippen molar-refractivity contribution in [3.05, 3.63) is 39.9 Å². The highest BCUT2D eigenvalue weighted by molar-refractivity contribution is 6.37. The molecule has 23 heavy (non-hydrogen) atoms. The Morgan fingerprint density at radius 2 is 1.91 bits per heavy atom. The molecule has 6 nitrogen and oxygen atoms in total. The second-order valence-corrected chi connectivity index (χ2v) is 5.39. The minimum atomic E-state index is -0.331. The highest BCUT2D eigenvalue weighted by atomic mass is 35.5. The Morgan fingerprint density at radius 3 is 2.52 bits per heavy atom. The molecule has 0 spiro atoms. The molecule has 0 saturated heterocycles. The van der Waals surface area contributed by atoms with Gasteiger partial charge in [0, 0.05) is 13.1 Å². The molecule has 0 aliphatic heterocycles. The van der Waals surface area contributed by atoms with Crippen LogP contribution < -0.4 is 10.6 Å². The van der Waals surface area contributed by atoms with Crippen molar-refractivity contribution in [1.29, 1.82) is 0 Å². The number of likely N-dealkylation sites (N-methyl/N-ethyl adjacent to an activating group) is 1. The van der Waals surface area contributed by atoms with Crippen molar-refractivity contribution in [2.45, 2.75) is 13.8 Å². The highest BCUT2D eigenvalue weighted by Crippen LogP contribution is 2.28. The molecule has 1 aromatic carbocycles. The summed E-state index contributed by atoms with van der Waals surface area (Å²) in [6.07, 6.45) is 0. The fourth-order valence-electron chi connectivity index (χ4n) is 1.91. The molecule has 0 aliphatic carbocycles. The van der Waals surface area contributed by atoms with Gasteiger partial charge in [-0.25, -0.2) is 9.67 Å². The molecule has 0 fully saturated rings. The average molecular weight is 379 g/mol. The summed E-state index contributed by atoms with van der Waals surface area (Å²) in [7, 11) is 0. The van der Waals surface area contributed by atoms with Crippen LogP contribution in [0, 0.1) is 6.92 Å². The van der Waals surface area contributed by atoms with E-state index in [1.807, 2.05) is 6.92 Å². The van der Waals surface area contributed by atoms with Gasteiger partial charge in [-0.3, -0.25) is 4.79 Å². The lowest BCUT2D eigenvalue weighted by molar-refractivity contribution is 0.0943. The summed E-state index contributed by atoms with van der Waals surface area (Å²) in [5.41, 5.74) is 0.516. The molecule has 1 heterocycles. The third kappa shape index (κ3) is 4.81. The van der Waals surface area contributed by atoms with Gasteiger partial charge in [0.2, 0.25) is 5.82 Å². The van der Waals surface area contributed by atoms with E-state index >= 15 is 0 Å². The number of aryl methyl sites for hydroxylation is 1. The lowest BCUT2D eigenvalue weighted by Gasteiger charge is -2.07. The Morgan fingerprint density at radius 1 is 1.26 bits per heavy atom. The molecular weight excluding hydrogens is 361 g/mol. The standard InChI is InChI=1S/C14H17Cl2N5O.ClH/c1-3-17-7-8-18-14(22)13-19-9(2)21(20-13)12-10(15)5-4-6-11(12)16;/h4-6,17H,3,7-8H2,1-2H3,(H,18,22);1H. The minimum Gasteiger partial charge on any atom is -0.348 e. The zero-order valence-electron chi connectivity index (χ0n) is 12.8. The molecule has 2 aromatic rings. The van der Waals surface area contributed by atoms with Crippen LogP contribution in [-0.2, 0) is 0 Å². The lowest BCUT2D eigenvalue weighted by Crippen LogP contribution is -2.32. The van der Waals surface area contributed by atoms with E-state index in [4.69, 9.17) is 23.2 Å². The van der Waals surface area contributed by atoms with Crippen LogP contribution in [0.3, 0.4) is 0 Å². The summed E-state index contributed by atoms with van der Waals surface area (Å²) in [5.74, 6) is 0.291. The van der Waals surface area contributed by atoms with E-state index in [1.165, 1.54) is 4.68 Å². The van der Waals surface area contributed by atoms with E-state index in [9.17, 15) is 4.79 Å². The quantitative estimate of drug-likeness (QED) is 0.758. The summed E-state index contributed by atoms with van der Waals surface area (Å²) in [4.78, 5) is 16.2. The Balaban J connectivity index is 0.00000264. The molecule has 2 N–H and O–H groups in total. The zero-order chi connectivity index (χ0) is 16.1. The topological polar surface area (TPSA) is 71.8 Å². The largest absolute Gasteiger partial charge is 0.348 e. The van der Waals surface area contributed by atoms with Crippen molar-refractivity contribution >= 4 is 41.5 Å². The predicted molar refractivity (Wildman–Crippen MR) is 94.2 cm³/mol. The van der Waals surface area contributed by atoms with Gasteiger partial charge in [0.05, 0.1) is 10.0 Å². The fraction of sp³-hybridized carbons (Fsp3) is 0.357. The smallest absolute Gasteiger partial charge is 0.291 e. The van der Waals surface area contributed by atoms with Gasteiger partial charge in [-0.1, -0.05) is 36.2 Å². The van der Waals surface area contributed by atoms with Crippen LogP contribution in [0.15, 0.2) is 18.2 Å². The first-order valence-electron chi connectivity index (χ1n) is 6.91. The SMILES string of the molecule is CCNCCNC(=O)c1nc(C)n(-c2c(Cl)cccc2Cl)n1.Cl. The molecule has 0 saturated carbocycles. The van der Waals surface area contributed by atoms with Gasteiger partial charge < -0.3 is 10.6 Å². The maximum absolute atomic E-state index is 12.0. The maximum atomic E-state index is 12.0. The number of nitrogens with one attached hydrogen (secondary N) is 2. The second kappa shape index (κ2) is 9.08. The molecule has 0 bridgehead atoms. The van der Waals surface area contributed by atoms with E-state index in [0.29, 0.717) is 34.6 Å².